The van der Waals surface area contributed by atoms with Crippen LogP contribution in [-0.2, 0) is 13.2 Å². The Morgan fingerprint density at radius 3 is 2.71 bits per heavy atom. The van der Waals surface area contributed by atoms with Crippen LogP contribution in [0.2, 0.25) is 10.0 Å². The smallest absolute Gasteiger partial charge is 0.148 e. The van der Waals surface area contributed by atoms with Gasteiger partial charge < -0.3 is 9.30 Å². The number of ether oxygens (including phenoxy) is 1. The molecule has 1 heterocycles. The van der Waals surface area contributed by atoms with Crippen LogP contribution in [0.4, 0.5) is 0 Å². The predicted octanol–water partition coefficient (Wildman–Crippen LogP) is 5.97. The first-order chi connectivity index (χ1) is 11.6. The fraction of sp³-hybridized carbons (Fsp3) is 0.316. The first kappa shape index (κ1) is 17.1. The highest BCUT2D eigenvalue weighted by molar-refractivity contribution is 6.35. The fourth-order valence-electron chi connectivity index (χ4n) is 2.61. The highest BCUT2D eigenvalue weighted by Crippen LogP contribution is 2.28. The zero-order chi connectivity index (χ0) is 17.1. The lowest BCUT2D eigenvalue weighted by atomic mass is 10.1. The third-order valence-corrected chi connectivity index (χ3v) is 4.71. The van der Waals surface area contributed by atoms with Gasteiger partial charge in [0.25, 0.3) is 0 Å². The Kier molecular flexibility index (Phi) is 5.32. The van der Waals surface area contributed by atoms with E-state index in [2.05, 4.69) is 24.5 Å². The average molecular weight is 363 g/mol. The van der Waals surface area contributed by atoms with Gasteiger partial charge in [0.15, 0.2) is 0 Å². The van der Waals surface area contributed by atoms with E-state index in [4.69, 9.17) is 32.9 Å². The lowest BCUT2D eigenvalue weighted by Gasteiger charge is -2.14. The number of halogens is 2. The monoisotopic (exact) mass is 362 g/mol. The van der Waals surface area contributed by atoms with E-state index in [1.165, 1.54) is 0 Å². The number of imidazole rings is 1. The minimum atomic E-state index is 0.368. The summed E-state index contributed by atoms with van der Waals surface area (Å²) >= 11 is 12.1. The van der Waals surface area contributed by atoms with E-state index in [0.29, 0.717) is 28.3 Å². The van der Waals surface area contributed by atoms with Gasteiger partial charge in [0.1, 0.15) is 18.2 Å². The Labute approximate surface area is 152 Å². The average Bonchev–Trinajstić information content (AvgIpc) is 2.92. The van der Waals surface area contributed by atoms with Crippen LogP contribution in [0.15, 0.2) is 42.5 Å². The number of aromatic nitrogens is 2. The molecule has 3 aromatic rings. The van der Waals surface area contributed by atoms with Gasteiger partial charge in [-0.05, 0) is 36.2 Å². The first-order valence-corrected chi connectivity index (χ1v) is 8.86. The quantitative estimate of drug-likeness (QED) is 0.540. The molecule has 0 bridgehead atoms. The molecule has 1 atom stereocenters. The summed E-state index contributed by atoms with van der Waals surface area (Å²) in [4.78, 5) is 4.73. The molecule has 0 saturated carbocycles. The van der Waals surface area contributed by atoms with Crippen molar-refractivity contribution < 1.29 is 4.74 Å². The second-order valence-electron chi connectivity index (χ2n) is 6.00. The van der Waals surface area contributed by atoms with Gasteiger partial charge in [-0.15, -0.1) is 0 Å². The number of hydrogen-bond acceptors (Lipinski definition) is 2. The third kappa shape index (κ3) is 3.68. The number of fused-ring (bicyclic) bond motifs is 1. The van der Waals surface area contributed by atoms with Crippen molar-refractivity contribution in [2.24, 2.45) is 5.92 Å². The van der Waals surface area contributed by atoms with Crippen LogP contribution in [-0.4, -0.2) is 9.55 Å². The van der Waals surface area contributed by atoms with Crippen molar-refractivity contribution in [3.8, 4) is 5.75 Å². The summed E-state index contributed by atoms with van der Waals surface area (Å²) in [5.41, 5.74) is 2.13. The van der Waals surface area contributed by atoms with Crippen LogP contribution in [0.3, 0.4) is 0 Å². The summed E-state index contributed by atoms with van der Waals surface area (Å²) in [7, 11) is 0. The van der Waals surface area contributed by atoms with Crippen LogP contribution in [0.1, 0.15) is 26.1 Å². The molecule has 126 valence electrons. The van der Waals surface area contributed by atoms with E-state index >= 15 is 0 Å². The molecule has 24 heavy (non-hydrogen) atoms. The summed E-state index contributed by atoms with van der Waals surface area (Å²) < 4.78 is 8.13. The Balaban J connectivity index is 1.89. The molecule has 0 fully saturated rings. The molecule has 3 nitrogen and oxygen atoms in total. The first-order valence-electron chi connectivity index (χ1n) is 8.10. The summed E-state index contributed by atoms with van der Waals surface area (Å²) in [6, 6.07) is 13.4. The van der Waals surface area contributed by atoms with E-state index in [9.17, 15) is 0 Å². The van der Waals surface area contributed by atoms with Gasteiger partial charge in [0.05, 0.1) is 16.1 Å². The number of benzene rings is 2. The standard InChI is InChI=1S/C19H20Cl2N2O/c1-3-13(2)11-23-17-7-5-4-6-16(17)22-19(23)12-24-18-9-8-14(20)10-15(18)21/h4-10,13H,3,11-12H2,1-2H3. The zero-order valence-corrected chi connectivity index (χ0v) is 15.3. The minimum absolute atomic E-state index is 0.368. The van der Waals surface area contributed by atoms with Crippen molar-refractivity contribution in [1.82, 2.24) is 9.55 Å². The molecule has 0 aliphatic heterocycles. The van der Waals surface area contributed by atoms with E-state index < -0.39 is 0 Å². The number of nitrogens with zero attached hydrogens (tertiary/aromatic N) is 2. The lowest BCUT2D eigenvalue weighted by Crippen LogP contribution is -2.12. The van der Waals surface area contributed by atoms with Crippen LogP contribution >= 0.6 is 23.2 Å². The van der Waals surface area contributed by atoms with Crippen LogP contribution < -0.4 is 4.74 Å². The summed E-state index contributed by atoms with van der Waals surface area (Å²) in [6.07, 6.45) is 1.12. The van der Waals surface area contributed by atoms with Crippen LogP contribution in [0.5, 0.6) is 5.75 Å². The molecule has 2 aromatic carbocycles. The Hall–Kier alpha value is -1.71. The van der Waals surface area contributed by atoms with E-state index in [1.807, 2.05) is 18.2 Å². The van der Waals surface area contributed by atoms with Gasteiger partial charge in [0, 0.05) is 11.6 Å². The predicted molar refractivity (Wildman–Crippen MR) is 100.0 cm³/mol. The SMILES string of the molecule is CCC(C)Cn1c(COc2ccc(Cl)cc2Cl)nc2ccccc21. The molecule has 0 aliphatic rings. The molecule has 1 unspecified atom stereocenters. The minimum Gasteiger partial charge on any atom is -0.484 e. The Morgan fingerprint density at radius 1 is 1.17 bits per heavy atom. The maximum Gasteiger partial charge on any atom is 0.148 e. The van der Waals surface area contributed by atoms with Gasteiger partial charge in [-0.25, -0.2) is 4.98 Å². The highest BCUT2D eigenvalue weighted by Gasteiger charge is 2.14. The molecule has 0 amide bonds. The molecule has 0 aliphatic carbocycles. The van der Waals surface area contributed by atoms with E-state index in [1.54, 1.807) is 18.2 Å². The number of rotatable bonds is 6. The molecule has 0 radical (unpaired) electrons. The van der Waals surface area contributed by atoms with Gasteiger partial charge in [0.2, 0.25) is 0 Å². The normalized spacial score (nSPS) is 12.5. The van der Waals surface area contributed by atoms with Gasteiger partial charge in [-0.1, -0.05) is 55.6 Å². The second-order valence-corrected chi connectivity index (χ2v) is 6.85. The van der Waals surface area contributed by atoms with Crippen LogP contribution in [0.25, 0.3) is 11.0 Å². The third-order valence-electron chi connectivity index (χ3n) is 4.18. The van der Waals surface area contributed by atoms with Crippen LogP contribution in [0, 0.1) is 5.92 Å². The maximum absolute atomic E-state index is 6.18. The maximum atomic E-state index is 6.18. The molecule has 5 heteroatoms. The summed E-state index contributed by atoms with van der Waals surface area (Å²) in [5, 5.41) is 1.10. The molecular formula is C19H20Cl2N2O. The topological polar surface area (TPSA) is 27.1 Å². The van der Waals surface area contributed by atoms with Gasteiger partial charge in [-0.2, -0.15) is 0 Å². The Morgan fingerprint density at radius 2 is 1.96 bits per heavy atom. The van der Waals surface area contributed by atoms with Gasteiger partial charge >= 0.3 is 0 Å². The molecule has 3 rings (SSSR count). The van der Waals surface area contributed by atoms with Crippen molar-refractivity contribution in [3.05, 3.63) is 58.3 Å². The lowest BCUT2D eigenvalue weighted by molar-refractivity contribution is 0.286. The molecular weight excluding hydrogens is 343 g/mol. The Bertz CT molecular complexity index is 844. The molecule has 1 aromatic heterocycles. The van der Waals surface area contributed by atoms with Crippen molar-refractivity contribution in [2.75, 3.05) is 0 Å². The summed E-state index contributed by atoms with van der Waals surface area (Å²) in [5.74, 6) is 2.09. The van der Waals surface area contributed by atoms with Crippen molar-refractivity contribution in [2.45, 2.75) is 33.4 Å². The largest absolute Gasteiger partial charge is 0.484 e. The molecule has 0 N–H and O–H groups in total. The zero-order valence-electron chi connectivity index (χ0n) is 13.8. The van der Waals surface area contributed by atoms with E-state index in [0.717, 1.165) is 29.8 Å². The fourth-order valence-corrected chi connectivity index (χ4v) is 3.08. The van der Waals surface area contributed by atoms with Crippen molar-refractivity contribution in [1.29, 1.82) is 0 Å². The van der Waals surface area contributed by atoms with E-state index in [-0.39, 0.29) is 0 Å². The number of hydrogen-bond donors (Lipinski definition) is 0. The molecule has 0 spiro atoms. The molecule has 0 saturated heterocycles. The summed E-state index contributed by atoms with van der Waals surface area (Å²) in [6.45, 7) is 5.74. The highest BCUT2D eigenvalue weighted by atomic mass is 35.5. The van der Waals surface area contributed by atoms with Crippen molar-refractivity contribution in [3.63, 3.8) is 0 Å². The van der Waals surface area contributed by atoms with Gasteiger partial charge in [-0.3, -0.25) is 0 Å². The second kappa shape index (κ2) is 7.45. The van der Waals surface area contributed by atoms with Crippen molar-refractivity contribution >= 4 is 34.2 Å². The number of para-hydroxylation sites is 2.